The third kappa shape index (κ3) is 4.04. The van der Waals surface area contributed by atoms with Crippen LogP contribution < -0.4 is 0 Å². The van der Waals surface area contributed by atoms with Crippen LogP contribution >= 0.6 is 0 Å². The summed E-state index contributed by atoms with van der Waals surface area (Å²) in [6.45, 7) is 7.96. The molecule has 3 rings (SSSR count). The molecule has 154 valence electrons. The van der Waals surface area contributed by atoms with Crippen LogP contribution in [0.2, 0.25) is 0 Å². The van der Waals surface area contributed by atoms with E-state index in [-0.39, 0.29) is 18.0 Å². The van der Waals surface area contributed by atoms with Crippen LogP contribution in [0, 0.1) is 10.1 Å². The average molecular weight is 409 g/mol. The molecule has 0 aliphatic rings. The van der Waals surface area contributed by atoms with Crippen LogP contribution in [0.15, 0.2) is 53.7 Å². The number of ether oxygens (including phenoxy) is 1. The van der Waals surface area contributed by atoms with Crippen molar-refractivity contribution in [2.75, 3.05) is 0 Å². The Kier molecular flexibility index (Phi) is 5.63. The first kappa shape index (κ1) is 20.7. The zero-order valence-electron chi connectivity index (χ0n) is 16.7. The summed E-state index contributed by atoms with van der Waals surface area (Å²) in [5, 5.41) is 16.4. The molecule has 0 aliphatic heterocycles. The van der Waals surface area contributed by atoms with E-state index in [4.69, 9.17) is 4.74 Å². The number of nitro groups is 1. The largest absolute Gasteiger partial charge is 0.441 e. The summed E-state index contributed by atoms with van der Waals surface area (Å²) in [4.78, 5) is 38.3. The molecule has 0 radical (unpaired) electrons. The lowest BCUT2D eigenvalue weighted by atomic mass is 10.1. The summed E-state index contributed by atoms with van der Waals surface area (Å²) in [5.74, 6) is -1.07. The lowest BCUT2D eigenvalue weighted by Gasteiger charge is -2.09. The number of nitrogens with zero attached hydrogens (tertiary/aromatic N) is 3. The van der Waals surface area contributed by atoms with Gasteiger partial charge >= 0.3 is 11.9 Å². The molecule has 2 aromatic carbocycles. The van der Waals surface area contributed by atoms with E-state index in [1.165, 1.54) is 19.1 Å². The molecule has 1 aromatic heterocycles. The summed E-state index contributed by atoms with van der Waals surface area (Å²) in [6.07, 6.45) is 0. The number of nitro benzene ring substituents is 1. The zero-order valence-corrected chi connectivity index (χ0v) is 16.7. The Balaban J connectivity index is 2.18. The molecule has 0 unspecified atom stereocenters. The van der Waals surface area contributed by atoms with Gasteiger partial charge in [0.2, 0.25) is 0 Å². The fraction of sp³-hybridized carbons (Fsp3) is 0.190. The van der Waals surface area contributed by atoms with E-state index in [1.807, 2.05) is 0 Å². The smallest absolute Gasteiger partial charge is 0.334 e. The maximum absolute atomic E-state index is 11.8. The molecule has 0 aliphatic carbocycles. The Morgan fingerprint density at radius 1 is 1.10 bits per heavy atom. The first-order valence-electron chi connectivity index (χ1n) is 8.94. The Morgan fingerprint density at radius 3 is 2.33 bits per heavy atom. The van der Waals surface area contributed by atoms with Gasteiger partial charge in [0, 0.05) is 35.4 Å². The topological polar surface area (TPSA) is 113 Å². The number of esters is 1. The van der Waals surface area contributed by atoms with Gasteiger partial charge in [-0.15, -0.1) is 0 Å². The highest BCUT2D eigenvalue weighted by atomic mass is 16.7. The van der Waals surface area contributed by atoms with Crippen LogP contribution in [-0.4, -0.2) is 27.1 Å². The van der Waals surface area contributed by atoms with Crippen molar-refractivity contribution in [3.63, 3.8) is 0 Å². The Labute approximate surface area is 171 Å². The van der Waals surface area contributed by atoms with E-state index in [0.29, 0.717) is 33.1 Å². The second-order valence-electron chi connectivity index (χ2n) is 6.72. The highest BCUT2D eigenvalue weighted by Crippen LogP contribution is 2.32. The molecule has 0 amide bonds. The van der Waals surface area contributed by atoms with Crippen molar-refractivity contribution in [1.82, 2.24) is 4.57 Å². The molecule has 0 saturated heterocycles. The quantitative estimate of drug-likeness (QED) is 0.151. The van der Waals surface area contributed by atoms with Crippen molar-refractivity contribution in [3.05, 3.63) is 64.2 Å². The minimum atomic E-state index is -0.540. The molecular weight excluding hydrogens is 390 g/mol. The van der Waals surface area contributed by atoms with Crippen molar-refractivity contribution in [1.29, 1.82) is 0 Å². The van der Waals surface area contributed by atoms with Crippen LogP contribution in [0.5, 0.6) is 0 Å². The second kappa shape index (κ2) is 8.16. The molecule has 0 bridgehead atoms. The molecule has 0 atom stereocenters. The number of aromatic nitrogens is 1. The van der Waals surface area contributed by atoms with Gasteiger partial charge in [-0.25, -0.2) is 9.59 Å². The van der Waals surface area contributed by atoms with Crippen molar-refractivity contribution in [3.8, 4) is 0 Å². The van der Waals surface area contributed by atoms with Gasteiger partial charge in [-0.2, -0.15) is 0 Å². The molecule has 1 heterocycles. The zero-order chi connectivity index (χ0) is 22.0. The number of carbonyl (C=O) groups is 2. The first-order valence-corrected chi connectivity index (χ1v) is 8.94. The summed E-state index contributed by atoms with van der Waals surface area (Å²) in [7, 11) is 0. The van der Waals surface area contributed by atoms with Crippen molar-refractivity contribution < 1.29 is 24.1 Å². The van der Waals surface area contributed by atoms with Gasteiger partial charge in [-0.3, -0.25) is 10.1 Å². The van der Waals surface area contributed by atoms with E-state index in [2.05, 4.69) is 16.6 Å². The molecule has 9 heteroatoms. The van der Waals surface area contributed by atoms with E-state index in [9.17, 15) is 19.7 Å². The number of rotatable bonds is 6. The van der Waals surface area contributed by atoms with Crippen LogP contribution in [0.3, 0.4) is 0 Å². The van der Waals surface area contributed by atoms with Gasteiger partial charge < -0.3 is 14.1 Å². The lowest BCUT2D eigenvalue weighted by Crippen LogP contribution is -2.09. The average Bonchev–Trinajstić information content (AvgIpc) is 3.02. The number of hydrogen-bond donors (Lipinski definition) is 0. The summed E-state index contributed by atoms with van der Waals surface area (Å²) in [5.41, 5.74) is 2.73. The third-order valence-electron chi connectivity index (χ3n) is 4.46. The summed E-state index contributed by atoms with van der Waals surface area (Å²) < 4.78 is 7.04. The minimum absolute atomic E-state index is 0.0591. The molecule has 0 saturated carbocycles. The molecule has 0 spiro atoms. The molecule has 3 aromatic rings. The predicted molar refractivity (Wildman–Crippen MR) is 111 cm³/mol. The first-order chi connectivity index (χ1) is 14.2. The maximum atomic E-state index is 11.8. The number of carbonyl (C=O) groups excluding carboxylic acids is 2. The van der Waals surface area contributed by atoms with E-state index in [0.717, 1.165) is 0 Å². The van der Waals surface area contributed by atoms with Crippen molar-refractivity contribution >= 4 is 45.1 Å². The number of non-ortho nitro benzene ring substituents is 1. The number of benzene rings is 2. The fourth-order valence-corrected chi connectivity index (χ4v) is 3.00. The van der Waals surface area contributed by atoms with Crippen molar-refractivity contribution in [2.24, 2.45) is 5.16 Å². The number of hydrogen-bond acceptors (Lipinski definition) is 7. The van der Waals surface area contributed by atoms with E-state index >= 15 is 0 Å². The van der Waals surface area contributed by atoms with Crippen LogP contribution in [0.1, 0.15) is 26.3 Å². The van der Waals surface area contributed by atoms with Gasteiger partial charge in [-0.1, -0.05) is 17.8 Å². The Hall–Kier alpha value is -4.01. The highest BCUT2D eigenvalue weighted by Gasteiger charge is 2.17. The fourth-order valence-electron chi connectivity index (χ4n) is 3.00. The van der Waals surface area contributed by atoms with Crippen LogP contribution in [0.25, 0.3) is 21.8 Å². The van der Waals surface area contributed by atoms with Gasteiger partial charge in [0.15, 0.2) is 6.73 Å². The van der Waals surface area contributed by atoms with E-state index < -0.39 is 16.9 Å². The molecule has 0 fully saturated rings. The summed E-state index contributed by atoms with van der Waals surface area (Å²) >= 11 is 0. The summed E-state index contributed by atoms with van der Waals surface area (Å²) in [6, 6.07) is 9.83. The van der Waals surface area contributed by atoms with Gasteiger partial charge in [-0.05, 0) is 37.6 Å². The predicted octanol–water partition coefficient (Wildman–Crippen LogP) is 4.07. The standard InChI is InChI=1S/C21H19N3O6/c1-12(2)21(26)29-11-23-19-7-5-15(13(3)22-30-14(4)25)9-17(19)18-10-16(24(27)28)6-8-20(18)23/h5-10H,1,11H2,2-4H3/b22-13+. The van der Waals surface area contributed by atoms with Gasteiger partial charge in [0.1, 0.15) is 0 Å². The maximum Gasteiger partial charge on any atom is 0.334 e. The second-order valence-corrected chi connectivity index (χ2v) is 6.72. The minimum Gasteiger partial charge on any atom is -0.441 e. The third-order valence-corrected chi connectivity index (χ3v) is 4.46. The molecule has 0 N–H and O–H groups in total. The Bertz CT molecular complexity index is 1240. The SMILES string of the molecule is C=C(C)C(=O)OCn1c2ccc(/C(C)=N/OC(C)=O)cc2c2cc([N+](=O)[O-])ccc21. The number of fused-ring (bicyclic) bond motifs is 3. The van der Waals surface area contributed by atoms with Crippen molar-refractivity contribution in [2.45, 2.75) is 27.5 Å². The number of oxime groups is 1. The monoisotopic (exact) mass is 409 g/mol. The van der Waals surface area contributed by atoms with Gasteiger partial charge in [0.05, 0.1) is 21.7 Å². The Morgan fingerprint density at radius 2 is 1.73 bits per heavy atom. The molecule has 30 heavy (non-hydrogen) atoms. The molecule has 9 nitrogen and oxygen atoms in total. The normalized spacial score (nSPS) is 11.5. The molecular formula is C21H19N3O6. The van der Waals surface area contributed by atoms with Gasteiger partial charge in [0.25, 0.3) is 5.69 Å². The lowest BCUT2D eigenvalue weighted by molar-refractivity contribution is -0.384. The van der Waals surface area contributed by atoms with E-state index in [1.54, 1.807) is 42.7 Å². The highest BCUT2D eigenvalue weighted by molar-refractivity contribution is 6.12. The van der Waals surface area contributed by atoms with Crippen LogP contribution in [-0.2, 0) is 25.9 Å². The van der Waals surface area contributed by atoms with Crippen LogP contribution in [0.4, 0.5) is 5.69 Å².